The quantitative estimate of drug-likeness (QED) is 0.895. The lowest BCUT2D eigenvalue weighted by Crippen LogP contribution is -2.21. The zero-order chi connectivity index (χ0) is 13.8. The molecule has 0 amide bonds. The van der Waals surface area contributed by atoms with Crippen molar-refractivity contribution in [2.75, 3.05) is 7.05 Å². The Morgan fingerprint density at radius 3 is 2.79 bits per heavy atom. The van der Waals surface area contributed by atoms with Gasteiger partial charge in [-0.2, -0.15) is 5.10 Å². The normalized spacial score (nSPS) is 12.6. The zero-order valence-electron chi connectivity index (χ0n) is 12.1. The number of aromatic nitrogens is 3. The summed E-state index contributed by atoms with van der Waals surface area (Å²) in [6, 6.07) is 6.58. The molecule has 0 aliphatic carbocycles. The number of aryl methyl sites for hydroxylation is 3. The minimum Gasteiger partial charge on any atom is -0.313 e. The van der Waals surface area contributed by atoms with E-state index in [0.29, 0.717) is 0 Å². The summed E-state index contributed by atoms with van der Waals surface area (Å²) < 4.78 is 2.07. The fourth-order valence-electron chi connectivity index (χ4n) is 2.48. The maximum atomic E-state index is 4.51. The molecule has 4 heteroatoms. The minimum absolute atomic E-state index is 0.273. The van der Waals surface area contributed by atoms with E-state index in [1.54, 1.807) is 0 Å². The molecule has 0 aliphatic heterocycles. The summed E-state index contributed by atoms with van der Waals surface area (Å²) >= 11 is 0. The third-order valence-corrected chi connectivity index (χ3v) is 3.47. The number of nitrogens with zero attached hydrogens (tertiary/aromatic N) is 3. The Hall–Kier alpha value is -1.68. The molecule has 2 heterocycles. The fraction of sp³-hybridized carbons (Fsp3) is 0.467. The first-order valence-electron chi connectivity index (χ1n) is 6.77. The topological polar surface area (TPSA) is 42.7 Å². The van der Waals surface area contributed by atoms with E-state index >= 15 is 0 Å². The van der Waals surface area contributed by atoms with Crippen LogP contribution in [0.4, 0.5) is 0 Å². The molecule has 0 radical (unpaired) electrons. The van der Waals surface area contributed by atoms with Crippen LogP contribution >= 0.6 is 0 Å². The standard InChI is InChI=1S/C15H22N4/c1-5-19-13(9-11(2)18-19)10-15(16-4)14-7-6-8-17-12(14)3/h6-9,15-16H,5,10H2,1-4H3. The molecule has 19 heavy (non-hydrogen) atoms. The van der Waals surface area contributed by atoms with Crippen LogP contribution in [-0.2, 0) is 13.0 Å². The summed E-state index contributed by atoms with van der Waals surface area (Å²) in [4.78, 5) is 4.37. The summed E-state index contributed by atoms with van der Waals surface area (Å²) in [5.74, 6) is 0. The molecule has 2 rings (SSSR count). The largest absolute Gasteiger partial charge is 0.313 e. The van der Waals surface area contributed by atoms with Crippen LogP contribution in [0, 0.1) is 13.8 Å². The number of likely N-dealkylation sites (N-methyl/N-ethyl adjacent to an activating group) is 1. The predicted octanol–water partition coefficient (Wildman–Crippen LogP) is 2.42. The van der Waals surface area contributed by atoms with Gasteiger partial charge in [-0.15, -0.1) is 0 Å². The monoisotopic (exact) mass is 258 g/mol. The van der Waals surface area contributed by atoms with Gasteiger partial charge in [0, 0.05) is 36.6 Å². The van der Waals surface area contributed by atoms with Gasteiger partial charge in [-0.05, 0) is 45.5 Å². The van der Waals surface area contributed by atoms with E-state index < -0.39 is 0 Å². The van der Waals surface area contributed by atoms with E-state index in [0.717, 1.165) is 24.4 Å². The first-order valence-corrected chi connectivity index (χ1v) is 6.77. The van der Waals surface area contributed by atoms with Gasteiger partial charge >= 0.3 is 0 Å². The lowest BCUT2D eigenvalue weighted by atomic mass is 10.0. The average molecular weight is 258 g/mol. The summed E-state index contributed by atoms with van der Waals surface area (Å²) in [5, 5.41) is 7.89. The van der Waals surface area contributed by atoms with Crippen molar-refractivity contribution in [1.82, 2.24) is 20.1 Å². The van der Waals surface area contributed by atoms with Crippen LogP contribution in [0.5, 0.6) is 0 Å². The van der Waals surface area contributed by atoms with Gasteiger partial charge in [0.25, 0.3) is 0 Å². The van der Waals surface area contributed by atoms with Crippen LogP contribution < -0.4 is 5.32 Å². The molecule has 4 nitrogen and oxygen atoms in total. The highest BCUT2D eigenvalue weighted by molar-refractivity contribution is 5.24. The number of pyridine rings is 1. The van der Waals surface area contributed by atoms with Crippen molar-refractivity contribution in [1.29, 1.82) is 0 Å². The molecule has 0 spiro atoms. The molecule has 0 saturated heterocycles. The van der Waals surface area contributed by atoms with Gasteiger partial charge in [0.2, 0.25) is 0 Å². The van der Waals surface area contributed by atoms with Crippen molar-refractivity contribution < 1.29 is 0 Å². The van der Waals surface area contributed by atoms with Gasteiger partial charge in [-0.25, -0.2) is 0 Å². The second kappa shape index (κ2) is 5.97. The smallest absolute Gasteiger partial charge is 0.0596 e. The van der Waals surface area contributed by atoms with E-state index in [2.05, 4.69) is 46.1 Å². The molecule has 0 saturated carbocycles. The van der Waals surface area contributed by atoms with Crippen LogP contribution in [-0.4, -0.2) is 21.8 Å². The molecule has 2 aromatic rings. The van der Waals surface area contributed by atoms with Crippen molar-refractivity contribution in [2.24, 2.45) is 0 Å². The van der Waals surface area contributed by atoms with Crippen molar-refractivity contribution in [3.8, 4) is 0 Å². The molecule has 2 aromatic heterocycles. The summed E-state index contributed by atoms with van der Waals surface area (Å²) in [6.45, 7) is 7.13. The lowest BCUT2D eigenvalue weighted by molar-refractivity contribution is 0.538. The third kappa shape index (κ3) is 3.01. The number of hydrogen-bond acceptors (Lipinski definition) is 3. The Bertz CT molecular complexity index is 545. The maximum absolute atomic E-state index is 4.51. The van der Waals surface area contributed by atoms with Gasteiger partial charge in [0.15, 0.2) is 0 Å². The number of nitrogens with one attached hydrogen (secondary N) is 1. The predicted molar refractivity (Wildman–Crippen MR) is 77.1 cm³/mol. The van der Waals surface area contributed by atoms with Crippen molar-refractivity contribution in [3.05, 3.63) is 47.0 Å². The first-order chi connectivity index (χ1) is 9.15. The van der Waals surface area contributed by atoms with E-state index in [4.69, 9.17) is 0 Å². The van der Waals surface area contributed by atoms with Crippen molar-refractivity contribution >= 4 is 0 Å². The summed E-state index contributed by atoms with van der Waals surface area (Å²) in [7, 11) is 2.00. The Labute approximate surface area is 114 Å². The average Bonchev–Trinajstić information content (AvgIpc) is 2.77. The second-order valence-corrected chi connectivity index (χ2v) is 4.82. The van der Waals surface area contributed by atoms with Crippen LogP contribution in [0.15, 0.2) is 24.4 Å². The van der Waals surface area contributed by atoms with Gasteiger partial charge in [0.1, 0.15) is 0 Å². The van der Waals surface area contributed by atoms with E-state index in [1.807, 2.05) is 26.2 Å². The van der Waals surface area contributed by atoms with Crippen LogP contribution in [0.2, 0.25) is 0 Å². The maximum Gasteiger partial charge on any atom is 0.0596 e. The Morgan fingerprint density at radius 1 is 1.37 bits per heavy atom. The molecular weight excluding hydrogens is 236 g/mol. The van der Waals surface area contributed by atoms with Gasteiger partial charge in [-0.1, -0.05) is 6.07 Å². The van der Waals surface area contributed by atoms with Gasteiger partial charge in [0.05, 0.1) is 5.69 Å². The van der Waals surface area contributed by atoms with E-state index in [-0.39, 0.29) is 6.04 Å². The van der Waals surface area contributed by atoms with Crippen molar-refractivity contribution in [2.45, 2.75) is 39.8 Å². The molecule has 0 bridgehead atoms. The summed E-state index contributed by atoms with van der Waals surface area (Å²) in [5.41, 5.74) is 4.69. The molecule has 1 N–H and O–H groups in total. The number of hydrogen-bond donors (Lipinski definition) is 1. The zero-order valence-corrected chi connectivity index (χ0v) is 12.1. The molecule has 102 valence electrons. The second-order valence-electron chi connectivity index (χ2n) is 4.82. The highest BCUT2D eigenvalue weighted by Gasteiger charge is 2.15. The fourth-order valence-corrected chi connectivity index (χ4v) is 2.48. The SMILES string of the molecule is CCn1nc(C)cc1CC(NC)c1cccnc1C. The molecule has 1 atom stereocenters. The Kier molecular flexibility index (Phi) is 4.32. The van der Waals surface area contributed by atoms with Crippen LogP contribution in [0.3, 0.4) is 0 Å². The summed E-state index contributed by atoms with van der Waals surface area (Å²) in [6.07, 6.45) is 2.77. The minimum atomic E-state index is 0.273. The number of rotatable bonds is 5. The first kappa shape index (κ1) is 13.7. The van der Waals surface area contributed by atoms with Gasteiger partial charge < -0.3 is 5.32 Å². The third-order valence-electron chi connectivity index (χ3n) is 3.47. The highest BCUT2D eigenvalue weighted by Crippen LogP contribution is 2.20. The van der Waals surface area contributed by atoms with Gasteiger partial charge in [-0.3, -0.25) is 9.67 Å². The van der Waals surface area contributed by atoms with E-state index in [9.17, 15) is 0 Å². The van der Waals surface area contributed by atoms with Crippen LogP contribution in [0.25, 0.3) is 0 Å². The van der Waals surface area contributed by atoms with E-state index in [1.165, 1.54) is 11.3 Å². The molecular formula is C15H22N4. The molecule has 0 fully saturated rings. The molecule has 1 unspecified atom stereocenters. The Balaban J connectivity index is 2.26. The Morgan fingerprint density at radius 2 is 2.16 bits per heavy atom. The molecule has 0 aliphatic rings. The lowest BCUT2D eigenvalue weighted by Gasteiger charge is -2.18. The van der Waals surface area contributed by atoms with Crippen molar-refractivity contribution in [3.63, 3.8) is 0 Å². The highest BCUT2D eigenvalue weighted by atomic mass is 15.3. The molecule has 0 aromatic carbocycles. The van der Waals surface area contributed by atoms with Crippen LogP contribution in [0.1, 0.15) is 35.6 Å².